The summed E-state index contributed by atoms with van der Waals surface area (Å²) in [6.45, 7) is 11.5. The van der Waals surface area contributed by atoms with Gasteiger partial charge in [-0.3, -0.25) is 9.59 Å². The number of aliphatic hydroxyl groups is 1. The summed E-state index contributed by atoms with van der Waals surface area (Å²) in [6, 6.07) is 14.3. The quantitative estimate of drug-likeness (QED) is 0.323. The highest BCUT2D eigenvalue weighted by Gasteiger charge is 2.45. The van der Waals surface area contributed by atoms with Crippen LogP contribution in [-0.4, -0.2) is 59.9 Å². The Kier molecular flexibility index (Phi) is 8.06. The Morgan fingerprint density at radius 1 is 1.03 bits per heavy atom. The molecule has 0 spiro atoms. The van der Waals surface area contributed by atoms with Gasteiger partial charge in [0.25, 0.3) is 11.7 Å². The van der Waals surface area contributed by atoms with E-state index < -0.39 is 17.7 Å². The number of nitrogens with zero attached hydrogens (tertiary/aromatic N) is 2. The summed E-state index contributed by atoms with van der Waals surface area (Å²) in [5, 5.41) is 11.3. The maximum absolute atomic E-state index is 13.2. The molecule has 0 unspecified atom stereocenters. The van der Waals surface area contributed by atoms with Crippen LogP contribution in [0.25, 0.3) is 5.76 Å². The average molecular weight is 479 g/mol. The molecule has 2 aromatic carbocycles. The molecule has 1 amide bonds. The number of rotatable bonds is 8. The van der Waals surface area contributed by atoms with Crippen molar-refractivity contribution in [3.63, 3.8) is 0 Å². The van der Waals surface area contributed by atoms with Gasteiger partial charge in [-0.25, -0.2) is 0 Å². The zero-order valence-electron chi connectivity index (χ0n) is 22.0. The summed E-state index contributed by atoms with van der Waals surface area (Å²) in [7, 11) is 3.95. The van der Waals surface area contributed by atoms with Crippen molar-refractivity contribution in [3.05, 3.63) is 70.8 Å². The summed E-state index contributed by atoms with van der Waals surface area (Å²) in [5.41, 5.74) is 2.55. The first kappa shape index (κ1) is 26.5. The molecule has 1 heterocycles. The maximum atomic E-state index is 13.2. The van der Waals surface area contributed by atoms with E-state index >= 15 is 0 Å². The second-order valence-corrected chi connectivity index (χ2v) is 10.7. The molecule has 0 aromatic heterocycles. The van der Waals surface area contributed by atoms with Crippen molar-refractivity contribution in [1.82, 2.24) is 9.80 Å². The topological polar surface area (TPSA) is 70.1 Å². The molecule has 1 fully saturated rings. The summed E-state index contributed by atoms with van der Waals surface area (Å²) in [6.07, 6.45) is 0.746. The fourth-order valence-electron chi connectivity index (χ4n) is 4.30. The Balaban J connectivity index is 2.06. The second-order valence-electron chi connectivity index (χ2n) is 10.7. The van der Waals surface area contributed by atoms with Crippen LogP contribution < -0.4 is 4.74 Å². The second kappa shape index (κ2) is 10.6. The molecule has 1 aliphatic rings. The molecule has 35 heavy (non-hydrogen) atoms. The first-order valence-electron chi connectivity index (χ1n) is 12.2. The minimum absolute atomic E-state index is 0.0220. The molecule has 1 saturated heterocycles. The summed E-state index contributed by atoms with van der Waals surface area (Å²) in [4.78, 5) is 30.0. The standard InChI is InChI=1S/C29H38N2O4/c1-19(2)35-23-15-11-21(12-16-23)26(32)24-25(20-9-13-22(14-10-20)29(3,4)5)31(28(34)27(24)33)18-8-17-30(6)7/h9-16,19,25,32H,8,17-18H2,1-7H3/b26-24+/t25-/m1/s1. The Hall–Kier alpha value is -3.12. The average Bonchev–Trinajstić information content (AvgIpc) is 3.03. The Morgan fingerprint density at radius 3 is 2.14 bits per heavy atom. The number of ketones is 1. The van der Waals surface area contributed by atoms with Gasteiger partial charge < -0.3 is 19.6 Å². The number of carbonyl (C=O) groups excluding carboxylic acids is 2. The van der Waals surface area contributed by atoms with E-state index in [1.54, 1.807) is 29.2 Å². The number of carbonyl (C=O) groups is 2. The fourth-order valence-corrected chi connectivity index (χ4v) is 4.30. The molecular weight excluding hydrogens is 440 g/mol. The lowest BCUT2D eigenvalue weighted by atomic mass is 9.85. The Morgan fingerprint density at radius 2 is 1.63 bits per heavy atom. The SMILES string of the molecule is CC(C)Oc1ccc(/C(O)=C2\C(=O)C(=O)N(CCCN(C)C)[C@@H]2c2ccc(C(C)(C)C)cc2)cc1. The van der Waals surface area contributed by atoms with E-state index in [1.165, 1.54) is 0 Å². The van der Waals surface area contributed by atoms with Crippen molar-refractivity contribution in [1.29, 1.82) is 0 Å². The van der Waals surface area contributed by atoms with Crippen molar-refractivity contribution >= 4 is 17.4 Å². The predicted molar refractivity (Wildman–Crippen MR) is 140 cm³/mol. The minimum Gasteiger partial charge on any atom is -0.507 e. The Bertz CT molecular complexity index is 1080. The third-order valence-electron chi connectivity index (χ3n) is 6.14. The van der Waals surface area contributed by atoms with Crippen LogP contribution in [0.5, 0.6) is 5.75 Å². The largest absolute Gasteiger partial charge is 0.507 e. The number of amides is 1. The smallest absolute Gasteiger partial charge is 0.295 e. The van der Waals surface area contributed by atoms with E-state index in [2.05, 4.69) is 20.8 Å². The molecule has 188 valence electrons. The van der Waals surface area contributed by atoms with E-state index in [0.29, 0.717) is 17.9 Å². The van der Waals surface area contributed by atoms with Gasteiger partial charge in [0.2, 0.25) is 0 Å². The number of hydrogen-bond donors (Lipinski definition) is 1. The van der Waals surface area contributed by atoms with Crippen molar-refractivity contribution in [3.8, 4) is 5.75 Å². The van der Waals surface area contributed by atoms with Gasteiger partial charge in [-0.2, -0.15) is 0 Å². The molecule has 0 radical (unpaired) electrons. The molecule has 6 heteroatoms. The van der Waals surface area contributed by atoms with E-state index in [0.717, 1.165) is 24.1 Å². The lowest BCUT2D eigenvalue weighted by molar-refractivity contribution is -0.139. The number of likely N-dealkylation sites (tertiary alicyclic amines) is 1. The number of hydrogen-bond acceptors (Lipinski definition) is 5. The van der Waals surface area contributed by atoms with Crippen LogP contribution in [0.3, 0.4) is 0 Å². The summed E-state index contributed by atoms with van der Waals surface area (Å²) in [5.74, 6) is -0.718. The Labute approximate surface area is 209 Å². The first-order chi connectivity index (χ1) is 16.4. The molecule has 0 saturated carbocycles. The van der Waals surface area contributed by atoms with E-state index in [4.69, 9.17) is 4.74 Å². The van der Waals surface area contributed by atoms with Gasteiger partial charge in [0.15, 0.2) is 0 Å². The maximum Gasteiger partial charge on any atom is 0.295 e. The van der Waals surface area contributed by atoms with Gasteiger partial charge in [0.1, 0.15) is 11.5 Å². The van der Waals surface area contributed by atoms with Gasteiger partial charge in [0, 0.05) is 12.1 Å². The molecule has 1 N–H and O–H groups in total. The third-order valence-corrected chi connectivity index (χ3v) is 6.14. The van der Waals surface area contributed by atoms with Crippen molar-refractivity contribution in [2.45, 2.75) is 58.6 Å². The zero-order chi connectivity index (χ0) is 25.9. The highest BCUT2D eigenvalue weighted by Crippen LogP contribution is 2.40. The van der Waals surface area contributed by atoms with Crippen LogP contribution in [0, 0.1) is 0 Å². The minimum atomic E-state index is -0.653. The van der Waals surface area contributed by atoms with Gasteiger partial charge in [-0.05, 0) is 81.7 Å². The molecular formula is C29H38N2O4. The predicted octanol–water partition coefficient (Wildman–Crippen LogP) is 5.14. The monoisotopic (exact) mass is 478 g/mol. The molecule has 1 atom stereocenters. The zero-order valence-corrected chi connectivity index (χ0v) is 22.0. The van der Waals surface area contributed by atoms with Gasteiger partial charge in [0.05, 0.1) is 17.7 Å². The number of benzene rings is 2. The highest BCUT2D eigenvalue weighted by molar-refractivity contribution is 6.46. The lowest BCUT2D eigenvalue weighted by Crippen LogP contribution is -2.32. The number of aliphatic hydroxyl groups excluding tert-OH is 1. The van der Waals surface area contributed by atoms with E-state index in [9.17, 15) is 14.7 Å². The molecule has 3 rings (SSSR count). The molecule has 2 aromatic rings. The lowest BCUT2D eigenvalue weighted by Gasteiger charge is -2.27. The summed E-state index contributed by atoms with van der Waals surface area (Å²) < 4.78 is 5.69. The normalized spacial score (nSPS) is 18.1. The highest BCUT2D eigenvalue weighted by atomic mass is 16.5. The molecule has 0 aliphatic carbocycles. The van der Waals surface area contributed by atoms with Crippen molar-refractivity contribution in [2.75, 3.05) is 27.2 Å². The van der Waals surface area contributed by atoms with Crippen molar-refractivity contribution < 1.29 is 19.4 Å². The van der Waals surface area contributed by atoms with Gasteiger partial charge >= 0.3 is 0 Å². The van der Waals surface area contributed by atoms with Crippen LogP contribution in [0.4, 0.5) is 0 Å². The van der Waals surface area contributed by atoms with E-state index in [-0.39, 0.29) is 22.9 Å². The van der Waals surface area contributed by atoms with Crippen LogP contribution in [0.15, 0.2) is 54.1 Å². The number of ether oxygens (including phenoxy) is 1. The number of Topliss-reactive ketones (excluding diaryl/α,β-unsaturated/α-hetero) is 1. The van der Waals surface area contributed by atoms with Crippen LogP contribution in [-0.2, 0) is 15.0 Å². The third kappa shape index (κ3) is 6.12. The first-order valence-corrected chi connectivity index (χ1v) is 12.2. The van der Waals surface area contributed by atoms with Gasteiger partial charge in [-0.15, -0.1) is 0 Å². The van der Waals surface area contributed by atoms with Crippen LogP contribution in [0.2, 0.25) is 0 Å². The molecule has 6 nitrogen and oxygen atoms in total. The summed E-state index contributed by atoms with van der Waals surface area (Å²) >= 11 is 0. The van der Waals surface area contributed by atoms with Crippen molar-refractivity contribution in [2.24, 2.45) is 0 Å². The van der Waals surface area contributed by atoms with Crippen LogP contribution >= 0.6 is 0 Å². The molecule has 0 bridgehead atoms. The van der Waals surface area contributed by atoms with Gasteiger partial charge in [-0.1, -0.05) is 45.0 Å². The van der Waals surface area contributed by atoms with Crippen LogP contribution in [0.1, 0.15) is 63.8 Å². The molecule has 1 aliphatic heterocycles. The van der Waals surface area contributed by atoms with E-state index in [1.807, 2.05) is 57.1 Å². The fraction of sp³-hybridized carbons (Fsp3) is 0.448.